The van der Waals surface area contributed by atoms with E-state index in [1.165, 1.54) is 38.5 Å². The Morgan fingerprint density at radius 1 is 1.36 bits per heavy atom. The van der Waals surface area contributed by atoms with Gasteiger partial charge in [0.05, 0.1) is 5.60 Å². The summed E-state index contributed by atoms with van der Waals surface area (Å²) in [4.78, 5) is 0. The normalized spacial score (nSPS) is 33.1. The van der Waals surface area contributed by atoms with Gasteiger partial charge in [-0.05, 0) is 58.3 Å². The van der Waals surface area contributed by atoms with E-state index in [-0.39, 0.29) is 5.60 Å². The van der Waals surface area contributed by atoms with Crippen molar-refractivity contribution in [2.24, 2.45) is 0 Å². The molecule has 0 aromatic rings. The van der Waals surface area contributed by atoms with Crippen LogP contribution in [0.15, 0.2) is 11.6 Å². The number of allylic oxidation sites excluding steroid dienone is 2. The van der Waals surface area contributed by atoms with Crippen LogP contribution in [0, 0.1) is 6.92 Å². The lowest BCUT2D eigenvalue weighted by Gasteiger charge is -2.24. The molecule has 0 spiro atoms. The Morgan fingerprint density at radius 2 is 2.29 bits per heavy atom. The van der Waals surface area contributed by atoms with Gasteiger partial charge in [0, 0.05) is 6.61 Å². The fourth-order valence-electron chi connectivity index (χ4n) is 2.47. The summed E-state index contributed by atoms with van der Waals surface area (Å²) < 4.78 is 5.69. The van der Waals surface area contributed by atoms with Gasteiger partial charge in [-0.25, -0.2) is 0 Å². The largest absolute Gasteiger partial charge is 0.375 e. The van der Waals surface area contributed by atoms with Gasteiger partial charge < -0.3 is 4.74 Å². The smallest absolute Gasteiger partial charge is 0.0687 e. The first kappa shape index (κ1) is 10.2. The van der Waals surface area contributed by atoms with E-state index in [1.807, 2.05) is 0 Å². The molecule has 1 atom stereocenters. The Balaban J connectivity index is 1.78. The summed E-state index contributed by atoms with van der Waals surface area (Å²) in [5.74, 6) is 0. The van der Waals surface area contributed by atoms with Crippen LogP contribution < -0.4 is 0 Å². The van der Waals surface area contributed by atoms with Gasteiger partial charge in [0.15, 0.2) is 0 Å². The quantitative estimate of drug-likeness (QED) is 0.622. The maximum atomic E-state index is 5.69. The van der Waals surface area contributed by atoms with Crippen molar-refractivity contribution in [3.8, 4) is 0 Å². The Bertz CT molecular complexity index is 211. The molecule has 0 N–H and O–H groups in total. The summed E-state index contributed by atoms with van der Waals surface area (Å²) in [7, 11) is 0. The highest BCUT2D eigenvalue weighted by Crippen LogP contribution is 2.32. The first-order valence-corrected chi connectivity index (χ1v) is 5.96. The van der Waals surface area contributed by atoms with Crippen LogP contribution >= 0.6 is 0 Å². The fraction of sp³-hybridized carbons (Fsp3) is 0.769. The topological polar surface area (TPSA) is 9.23 Å². The Kier molecular flexibility index (Phi) is 3.27. The van der Waals surface area contributed by atoms with Crippen LogP contribution in [0.3, 0.4) is 0 Å². The SMILES string of the molecule is [CH2][C@]1(CCC2=CCCCC2)CCCO1. The molecule has 0 saturated carbocycles. The van der Waals surface area contributed by atoms with Crippen molar-refractivity contribution in [1.82, 2.24) is 0 Å². The molecule has 2 rings (SSSR count). The van der Waals surface area contributed by atoms with E-state index < -0.39 is 0 Å². The molecule has 0 amide bonds. The van der Waals surface area contributed by atoms with E-state index in [4.69, 9.17) is 4.74 Å². The van der Waals surface area contributed by atoms with Crippen LogP contribution in [0.1, 0.15) is 51.4 Å². The standard InChI is InChI=1S/C13H21O/c1-13(9-5-11-14-13)10-8-12-6-3-2-4-7-12/h6H,1-5,7-11H2/t13-/m1/s1. The fourth-order valence-corrected chi connectivity index (χ4v) is 2.47. The van der Waals surface area contributed by atoms with Crippen LogP contribution in [0.2, 0.25) is 0 Å². The molecule has 1 heteroatoms. The van der Waals surface area contributed by atoms with Crippen LogP contribution in [-0.4, -0.2) is 12.2 Å². The Labute approximate surface area is 87.5 Å². The lowest BCUT2D eigenvalue weighted by molar-refractivity contribution is 0.0359. The van der Waals surface area contributed by atoms with Crippen molar-refractivity contribution in [2.75, 3.05) is 6.61 Å². The lowest BCUT2D eigenvalue weighted by Crippen LogP contribution is -2.23. The molecule has 0 unspecified atom stereocenters. The molecular weight excluding hydrogens is 172 g/mol. The summed E-state index contributed by atoms with van der Waals surface area (Å²) in [5.41, 5.74) is 1.60. The molecule has 1 heterocycles. The third kappa shape index (κ3) is 2.60. The van der Waals surface area contributed by atoms with Gasteiger partial charge in [0.1, 0.15) is 0 Å². The third-order valence-corrected chi connectivity index (χ3v) is 3.47. The molecule has 1 saturated heterocycles. The van der Waals surface area contributed by atoms with Crippen LogP contribution in [0.5, 0.6) is 0 Å². The zero-order valence-corrected chi connectivity index (χ0v) is 9.06. The van der Waals surface area contributed by atoms with Gasteiger partial charge in [-0.1, -0.05) is 11.6 Å². The highest BCUT2D eigenvalue weighted by atomic mass is 16.5. The molecule has 1 radical (unpaired) electrons. The highest BCUT2D eigenvalue weighted by molar-refractivity contribution is 5.06. The number of hydrogen-bond donors (Lipinski definition) is 0. The number of ether oxygens (including phenoxy) is 1. The minimum Gasteiger partial charge on any atom is -0.375 e. The lowest BCUT2D eigenvalue weighted by atomic mass is 9.90. The molecule has 1 aliphatic carbocycles. The highest BCUT2D eigenvalue weighted by Gasteiger charge is 2.29. The van der Waals surface area contributed by atoms with Gasteiger partial charge in [-0.15, -0.1) is 0 Å². The van der Waals surface area contributed by atoms with Gasteiger partial charge in [0.2, 0.25) is 0 Å². The molecule has 0 aromatic heterocycles. The molecule has 0 aromatic carbocycles. The van der Waals surface area contributed by atoms with Crippen LogP contribution in [-0.2, 0) is 4.74 Å². The van der Waals surface area contributed by atoms with Gasteiger partial charge in [-0.3, -0.25) is 0 Å². The predicted octanol–water partition coefficient (Wildman–Crippen LogP) is 3.65. The van der Waals surface area contributed by atoms with E-state index in [1.54, 1.807) is 5.57 Å². The first-order valence-electron chi connectivity index (χ1n) is 5.96. The summed E-state index contributed by atoms with van der Waals surface area (Å²) in [6.45, 7) is 5.12. The average Bonchev–Trinajstić information content (AvgIpc) is 2.65. The molecule has 1 fully saturated rings. The second-order valence-electron chi connectivity index (χ2n) is 4.74. The average molecular weight is 193 g/mol. The molecule has 2 aliphatic rings. The minimum atomic E-state index is -0.0434. The van der Waals surface area contributed by atoms with Crippen molar-refractivity contribution in [3.05, 3.63) is 18.6 Å². The number of hydrogen-bond acceptors (Lipinski definition) is 1. The first-order chi connectivity index (χ1) is 6.79. The van der Waals surface area contributed by atoms with Crippen molar-refractivity contribution in [1.29, 1.82) is 0 Å². The van der Waals surface area contributed by atoms with Crippen molar-refractivity contribution in [3.63, 3.8) is 0 Å². The van der Waals surface area contributed by atoms with E-state index in [0.717, 1.165) is 19.4 Å². The van der Waals surface area contributed by atoms with E-state index in [9.17, 15) is 0 Å². The Morgan fingerprint density at radius 3 is 2.93 bits per heavy atom. The monoisotopic (exact) mass is 193 g/mol. The minimum absolute atomic E-state index is 0.0434. The summed E-state index contributed by atoms with van der Waals surface area (Å²) in [6.07, 6.45) is 12.5. The summed E-state index contributed by atoms with van der Waals surface area (Å²) >= 11 is 0. The van der Waals surface area contributed by atoms with Gasteiger partial charge >= 0.3 is 0 Å². The number of rotatable bonds is 3. The zero-order valence-electron chi connectivity index (χ0n) is 9.06. The van der Waals surface area contributed by atoms with Crippen molar-refractivity contribution in [2.45, 2.75) is 57.0 Å². The zero-order chi connectivity index (χ0) is 9.86. The second kappa shape index (κ2) is 4.48. The Hall–Kier alpha value is -0.300. The molecule has 0 bridgehead atoms. The third-order valence-electron chi connectivity index (χ3n) is 3.47. The van der Waals surface area contributed by atoms with Crippen LogP contribution in [0.4, 0.5) is 0 Å². The van der Waals surface area contributed by atoms with Crippen LogP contribution in [0.25, 0.3) is 0 Å². The van der Waals surface area contributed by atoms with E-state index >= 15 is 0 Å². The van der Waals surface area contributed by atoms with E-state index in [2.05, 4.69) is 13.0 Å². The summed E-state index contributed by atoms with van der Waals surface area (Å²) in [6, 6.07) is 0. The maximum Gasteiger partial charge on any atom is 0.0687 e. The molecular formula is C13H21O. The van der Waals surface area contributed by atoms with Gasteiger partial charge in [-0.2, -0.15) is 0 Å². The van der Waals surface area contributed by atoms with Crippen molar-refractivity contribution < 1.29 is 4.74 Å². The molecule has 1 nitrogen and oxygen atoms in total. The maximum absolute atomic E-state index is 5.69. The molecule has 1 aliphatic heterocycles. The molecule has 79 valence electrons. The second-order valence-corrected chi connectivity index (χ2v) is 4.74. The van der Waals surface area contributed by atoms with Gasteiger partial charge in [0.25, 0.3) is 0 Å². The summed E-state index contributed by atoms with van der Waals surface area (Å²) in [5, 5.41) is 0. The van der Waals surface area contributed by atoms with Crippen molar-refractivity contribution >= 4 is 0 Å². The predicted molar refractivity (Wildman–Crippen MR) is 59.1 cm³/mol. The molecule has 14 heavy (non-hydrogen) atoms. The van der Waals surface area contributed by atoms with E-state index in [0.29, 0.717) is 0 Å².